The van der Waals surface area contributed by atoms with Gasteiger partial charge in [0.2, 0.25) is 0 Å². The Labute approximate surface area is 232 Å². The molecule has 0 saturated heterocycles. The van der Waals surface area contributed by atoms with E-state index in [1.54, 1.807) is 12.4 Å². The van der Waals surface area contributed by atoms with Crippen molar-refractivity contribution in [3.63, 3.8) is 0 Å². The minimum Gasteiger partial charge on any atom is -0.507 e. The summed E-state index contributed by atoms with van der Waals surface area (Å²) in [6.45, 7) is 26.2. The topological polar surface area (TPSA) is 65.2 Å². The van der Waals surface area contributed by atoms with E-state index in [0.717, 1.165) is 41.5 Å². The van der Waals surface area contributed by atoms with Crippen molar-refractivity contribution in [1.29, 1.82) is 0 Å². The molecule has 2 aromatic carbocycles. The fourth-order valence-corrected chi connectivity index (χ4v) is 4.22. The molecule has 0 radical (unpaired) electrons. The molecule has 4 nitrogen and oxygen atoms in total. The molecule has 0 aliphatic carbocycles. The lowest BCUT2D eigenvalue weighted by molar-refractivity contribution is 0.443. The molecule has 0 unspecified atom stereocenters. The zero-order valence-electron chi connectivity index (χ0n) is 26.1. The standard InChI is InChI=1S/C34H52N2O2/c1-13-14-15-23-16-26(31(2,3)4)18-25(29(23)37)21-36-34(11,12)22-35-20-24-17-27(32(5,6)7)19-28(30(24)38)33(8,9)10/h16-21,37-38H,13-15,22H2,1-12H3. The predicted octanol–water partition coefficient (Wildman–Crippen LogP) is 8.65. The van der Waals surface area contributed by atoms with Crippen LogP contribution in [0.5, 0.6) is 11.5 Å². The van der Waals surface area contributed by atoms with E-state index in [-0.39, 0.29) is 16.2 Å². The number of nitrogens with zero attached hydrogens (tertiary/aromatic N) is 2. The highest BCUT2D eigenvalue weighted by Gasteiger charge is 2.25. The molecule has 4 heteroatoms. The Morgan fingerprint density at radius 1 is 0.684 bits per heavy atom. The maximum absolute atomic E-state index is 11.1. The molecular formula is C34H52N2O2. The molecule has 2 rings (SSSR count). The van der Waals surface area contributed by atoms with Gasteiger partial charge >= 0.3 is 0 Å². The third kappa shape index (κ3) is 8.44. The number of hydrogen-bond acceptors (Lipinski definition) is 4. The van der Waals surface area contributed by atoms with Crippen LogP contribution in [0.2, 0.25) is 0 Å². The summed E-state index contributed by atoms with van der Waals surface area (Å²) >= 11 is 0. The van der Waals surface area contributed by atoms with Crippen molar-refractivity contribution in [3.05, 3.63) is 57.6 Å². The maximum atomic E-state index is 11.1. The highest BCUT2D eigenvalue weighted by atomic mass is 16.3. The van der Waals surface area contributed by atoms with Crippen molar-refractivity contribution >= 4 is 12.4 Å². The van der Waals surface area contributed by atoms with Gasteiger partial charge in [0.1, 0.15) is 11.5 Å². The van der Waals surface area contributed by atoms with E-state index in [1.165, 1.54) is 11.1 Å². The first kappa shape index (κ1) is 31.6. The summed E-state index contributed by atoms with van der Waals surface area (Å²) in [7, 11) is 0. The number of rotatable bonds is 8. The first-order chi connectivity index (χ1) is 17.3. The van der Waals surface area contributed by atoms with Crippen LogP contribution in [0.3, 0.4) is 0 Å². The number of aliphatic imine (C=N–C) groups is 2. The molecule has 0 atom stereocenters. The van der Waals surface area contributed by atoms with E-state index in [1.807, 2.05) is 19.9 Å². The van der Waals surface area contributed by atoms with Gasteiger partial charge in [-0.2, -0.15) is 0 Å². The van der Waals surface area contributed by atoms with Crippen LogP contribution in [0.15, 0.2) is 34.3 Å². The molecule has 0 saturated carbocycles. The first-order valence-electron chi connectivity index (χ1n) is 14.1. The number of hydrogen-bond donors (Lipinski definition) is 2. The van der Waals surface area contributed by atoms with Gasteiger partial charge in [-0.15, -0.1) is 0 Å². The fourth-order valence-electron chi connectivity index (χ4n) is 4.22. The number of benzene rings is 2. The zero-order chi connectivity index (χ0) is 29.1. The third-order valence-electron chi connectivity index (χ3n) is 6.96. The molecule has 0 aromatic heterocycles. The van der Waals surface area contributed by atoms with Crippen LogP contribution >= 0.6 is 0 Å². The van der Waals surface area contributed by atoms with Gasteiger partial charge in [-0.25, -0.2) is 0 Å². The lowest BCUT2D eigenvalue weighted by Crippen LogP contribution is -2.22. The first-order valence-corrected chi connectivity index (χ1v) is 14.1. The largest absolute Gasteiger partial charge is 0.507 e. The Morgan fingerprint density at radius 3 is 1.71 bits per heavy atom. The van der Waals surface area contributed by atoms with Crippen LogP contribution in [-0.4, -0.2) is 34.7 Å². The van der Waals surface area contributed by atoms with Crippen LogP contribution < -0.4 is 0 Å². The van der Waals surface area contributed by atoms with Crippen LogP contribution in [-0.2, 0) is 22.7 Å². The summed E-state index contributed by atoms with van der Waals surface area (Å²) in [5, 5.41) is 22.0. The van der Waals surface area contributed by atoms with Crippen molar-refractivity contribution < 1.29 is 10.2 Å². The van der Waals surface area contributed by atoms with Crippen LogP contribution in [0, 0.1) is 0 Å². The molecule has 2 N–H and O–H groups in total. The van der Waals surface area contributed by atoms with Gasteiger partial charge in [0.25, 0.3) is 0 Å². The number of phenols is 2. The minimum absolute atomic E-state index is 0.0213. The number of aryl methyl sites for hydroxylation is 1. The van der Waals surface area contributed by atoms with E-state index in [4.69, 9.17) is 9.98 Å². The van der Waals surface area contributed by atoms with Gasteiger partial charge in [-0.3, -0.25) is 9.98 Å². The average molecular weight is 521 g/mol. The van der Waals surface area contributed by atoms with Crippen molar-refractivity contribution in [3.8, 4) is 11.5 Å². The van der Waals surface area contributed by atoms with Gasteiger partial charge in [0.15, 0.2) is 0 Å². The highest BCUT2D eigenvalue weighted by Crippen LogP contribution is 2.37. The highest BCUT2D eigenvalue weighted by molar-refractivity contribution is 5.86. The third-order valence-corrected chi connectivity index (χ3v) is 6.96. The molecule has 2 aromatic rings. The summed E-state index contributed by atoms with van der Waals surface area (Å²) in [4.78, 5) is 9.55. The summed E-state index contributed by atoms with van der Waals surface area (Å²) in [6, 6.07) is 8.35. The van der Waals surface area contributed by atoms with Crippen molar-refractivity contribution in [2.75, 3.05) is 6.54 Å². The quantitative estimate of drug-likeness (QED) is 0.342. The van der Waals surface area contributed by atoms with Gasteiger partial charge in [0.05, 0.1) is 12.1 Å². The molecule has 0 amide bonds. The van der Waals surface area contributed by atoms with Crippen molar-refractivity contribution in [2.24, 2.45) is 9.98 Å². The molecule has 0 aliphatic rings. The molecule has 38 heavy (non-hydrogen) atoms. The van der Waals surface area contributed by atoms with Gasteiger partial charge in [-0.1, -0.05) is 87.8 Å². The Morgan fingerprint density at radius 2 is 1.21 bits per heavy atom. The van der Waals surface area contributed by atoms with Crippen LogP contribution in [0.25, 0.3) is 0 Å². The summed E-state index contributed by atoms with van der Waals surface area (Å²) in [5.74, 6) is 0.618. The Kier molecular flexibility index (Phi) is 9.67. The normalized spacial score (nSPS) is 13.7. The number of unbranched alkanes of at least 4 members (excludes halogenated alkanes) is 1. The van der Waals surface area contributed by atoms with Crippen molar-refractivity contribution in [1.82, 2.24) is 0 Å². The van der Waals surface area contributed by atoms with E-state index in [9.17, 15) is 10.2 Å². The monoisotopic (exact) mass is 520 g/mol. The lowest BCUT2D eigenvalue weighted by Gasteiger charge is -2.27. The fraction of sp³-hybridized carbons (Fsp3) is 0.588. The van der Waals surface area contributed by atoms with Gasteiger partial charge in [0, 0.05) is 29.1 Å². The molecule has 0 aliphatic heterocycles. The van der Waals surface area contributed by atoms with Gasteiger partial charge in [-0.05, 0) is 71.8 Å². The van der Waals surface area contributed by atoms with Crippen LogP contribution in [0.4, 0.5) is 0 Å². The van der Waals surface area contributed by atoms with E-state index in [2.05, 4.69) is 87.4 Å². The number of phenolic OH excluding ortho intramolecular Hbond substituents is 2. The lowest BCUT2D eigenvalue weighted by atomic mass is 9.79. The summed E-state index contributed by atoms with van der Waals surface area (Å²) < 4.78 is 0. The van der Waals surface area contributed by atoms with Crippen LogP contribution in [0.1, 0.15) is 129 Å². The Hall–Kier alpha value is -2.62. The summed E-state index contributed by atoms with van der Waals surface area (Å²) in [5.41, 5.74) is 5.05. The van der Waals surface area contributed by atoms with E-state index in [0.29, 0.717) is 18.0 Å². The SMILES string of the molecule is CCCCc1cc(C(C)(C)C)cc(C=NC(C)(C)CN=Cc2cc(C(C)(C)C)cc(C(C)(C)C)c2O)c1O. The molecule has 210 valence electrons. The predicted molar refractivity (Wildman–Crippen MR) is 165 cm³/mol. The Bertz CT molecular complexity index is 1170. The van der Waals surface area contributed by atoms with E-state index >= 15 is 0 Å². The minimum atomic E-state index is -0.478. The Balaban J connectivity index is 2.37. The second-order valence-corrected chi connectivity index (χ2v) is 14.4. The average Bonchev–Trinajstić information content (AvgIpc) is 2.76. The maximum Gasteiger partial charge on any atom is 0.128 e. The van der Waals surface area contributed by atoms with Crippen molar-refractivity contribution in [2.45, 2.75) is 124 Å². The molecular weight excluding hydrogens is 468 g/mol. The molecule has 0 fully saturated rings. The molecule has 0 heterocycles. The zero-order valence-corrected chi connectivity index (χ0v) is 26.1. The molecule has 0 spiro atoms. The van der Waals surface area contributed by atoms with E-state index < -0.39 is 5.54 Å². The second-order valence-electron chi connectivity index (χ2n) is 14.4. The van der Waals surface area contributed by atoms with Gasteiger partial charge < -0.3 is 10.2 Å². The number of aromatic hydroxyl groups is 2. The molecule has 0 bridgehead atoms. The smallest absolute Gasteiger partial charge is 0.128 e. The second kappa shape index (κ2) is 11.6. The summed E-state index contributed by atoms with van der Waals surface area (Å²) in [6.07, 6.45) is 6.55.